The van der Waals surface area contributed by atoms with E-state index < -0.39 is 10.0 Å². The molecule has 0 unspecified atom stereocenters. The summed E-state index contributed by atoms with van der Waals surface area (Å²) in [5.74, 6) is 0.424. The summed E-state index contributed by atoms with van der Waals surface area (Å²) in [6.07, 6.45) is 5.35. The predicted molar refractivity (Wildman–Crippen MR) is 118 cm³/mol. The minimum atomic E-state index is -3.93. The Morgan fingerprint density at radius 3 is 2.33 bits per heavy atom. The molecular weight excluding hydrogens is 400 g/mol. The summed E-state index contributed by atoms with van der Waals surface area (Å²) in [6.45, 7) is 1.57. The number of carbonyl (C=O) groups excluding carboxylic acids is 1. The molecule has 1 fully saturated rings. The van der Waals surface area contributed by atoms with Gasteiger partial charge in [-0.25, -0.2) is 8.42 Å². The molecule has 1 aliphatic carbocycles. The lowest BCUT2D eigenvalue weighted by molar-refractivity contribution is -0.130. The van der Waals surface area contributed by atoms with Crippen molar-refractivity contribution in [2.75, 3.05) is 25.0 Å². The molecule has 0 N–H and O–H groups in total. The van der Waals surface area contributed by atoms with Gasteiger partial charge in [0, 0.05) is 13.1 Å². The number of amides is 1. The van der Waals surface area contributed by atoms with Crippen LogP contribution in [0.1, 0.15) is 37.7 Å². The highest BCUT2D eigenvalue weighted by Crippen LogP contribution is 2.28. The van der Waals surface area contributed by atoms with Gasteiger partial charge in [0.15, 0.2) is 0 Å². The van der Waals surface area contributed by atoms with Gasteiger partial charge in [-0.2, -0.15) is 0 Å². The fourth-order valence-corrected chi connectivity index (χ4v) is 5.45. The molecule has 1 saturated carbocycles. The summed E-state index contributed by atoms with van der Waals surface area (Å²) < 4.78 is 33.5. The molecule has 0 radical (unpaired) electrons. The van der Waals surface area contributed by atoms with Crippen LogP contribution in [0.4, 0.5) is 5.69 Å². The van der Waals surface area contributed by atoms with Crippen LogP contribution >= 0.6 is 0 Å². The van der Waals surface area contributed by atoms with Crippen LogP contribution in [0.25, 0.3) is 0 Å². The van der Waals surface area contributed by atoms with Gasteiger partial charge in [0.2, 0.25) is 5.91 Å². The van der Waals surface area contributed by atoms with Crippen molar-refractivity contribution in [1.82, 2.24) is 4.90 Å². The van der Waals surface area contributed by atoms with Crippen molar-refractivity contribution in [2.45, 2.75) is 50.0 Å². The third kappa shape index (κ3) is 4.78. The Kier molecular flexibility index (Phi) is 7.02. The first-order chi connectivity index (χ1) is 14.3. The molecule has 0 saturated heterocycles. The van der Waals surface area contributed by atoms with Crippen molar-refractivity contribution in [3.8, 4) is 5.75 Å². The lowest BCUT2D eigenvalue weighted by Gasteiger charge is -2.33. The molecule has 1 amide bonds. The summed E-state index contributed by atoms with van der Waals surface area (Å²) in [5, 5.41) is 0. The van der Waals surface area contributed by atoms with Gasteiger partial charge in [-0.3, -0.25) is 9.10 Å². The van der Waals surface area contributed by atoms with E-state index in [-0.39, 0.29) is 23.4 Å². The third-order valence-corrected chi connectivity index (χ3v) is 7.56. The number of sulfonamides is 1. The summed E-state index contributed by atoms with van der Waals surface area (Å²) in [5.41, 5.74) is 1.19. The molecule has 3 rings (SSSR count). The number of likely N-dealkylation sites (N-methyl/N-ethyl adjacent to an activating group) is 1. The number of hydrogen-bond acceptors (Lipinski definition) is 4. The zero-order valence-electron chi connectivity index (χ0n) is 17.9. The van der Waals surface area contributed by atoms with Crippen LogP contribution < -0.4 is 9.04 Å². The zero-order valence-corrected chi connectivity index (χ0v) is 18.7. The zero-order chi connectivity index (χ0) is 21.7. The number of methoxy groups -OCH3 is 1. The minimum Gasteiger partial charge on any atom is -0.496 e. The van der Waals surface area contributed by atoms with Crippen LogP contribution in [0.15, 0.2) is 53.4 Å². The van der Waals surface area contributed by atoms with Crippen molar-refractivity contribution in [3.63, 3.8) is 0 Å². The van der Waals surface area contributed by atoms with Crippen molar-refractivity contribution in [2.24, 2.45) is 0 Å². The monoisotopic (exact) mass is 430 g/mol. The van der Waals surface area contributed by atoms with E-state index in [0.29, 0.717) is 11.4 Å². The smallest absolute Gasteiger partial charge is 0.264 e. The van der Waals surface area contributed by atoms with Crippen LogP contribution in [-0.4, -0.2) is 46.0 Å². The van der Waals surface area contributed by atoms with E-state index >= 15 is 0 Å². The Morgan fingerprint density at radius 2 is 1.73 bits per heavy atom. The lowest BCUT2D eigenvalue weighted by Crippen LogP contribution is -2.45. The number of nitrogens with zero attached hydrogens (tertiary/aromatic N) is 2. The van der Waals surface area contributed by atoms with Crippen LogP contribution in [0.2, 0.25) is 0 Å². The van der Waals surface area contributed by atoms with E-state index in [1.807, 2.05) is 6.07 Å². The largest absolute Gasteiger partial charge is 0.496 e. The highest BCUT2D eigenvalue weighted by molar-refractivity contribution is 7.92. The van der Waals surface area contributed by atoms with E-state index in [0.717, 1.165) is 31.2 Å². The van der Waals surface area contributed by atoms with Gasteiger partial charge in [0.1, 0.15) is 12.3 Å². The number of rotatable bonds is 7. The highest BCUT2D eigenvalue weighted by Gasteiger charge is 2.30. The first-order valence-electron chi connectivity index (χ1n) is 10.3. The van der Waals surface area contributed by atoms with Gasteiger partial charge in [0.05, 0.1) is 17.7 Å². The summed E-state index contributed by atoms with van der Waals surface area (Å²) >= 11 is 0. The number of carbonyl (C=O) groups is 1. The second-order valence-electron chi connectivity index (χ2n) is 7.78. The Bertz CT molecular complexity index is 970. The predicted octanol–water partition coefficient (Wildman–Crippen LogP) is 3.99. The molecular formula is C23H30N2O4S. The SMILES string of the molecule is COc1ccc(S(=O)(=O)N(CC(=O)N(C)C2CCCCC2)c2ccccc2)cc1C. The van der Waals surface area contributed by atoms with Crippen molar-refractivity contribution >= 4 is 21.6 Å². The molecule has 0 atom stereocenters. The maximum Gasteiger partial charge on any atom is 0.264 e. The van der Waals surface area contributed by atoms with Crippen LogP contribution in [-0.2, 0) is 14.8 Å². The standard InChI is InChI=1S/C23H30N2O4S/c1-18-16-21(14-15-22(18)29-3)30(27,28)25(20-12-8-5-9-13-20)17-23(26)24(2)19-10-6-4-7-11-19/h5,8-9,12-16,19H,4,6-7,10-11,17H2,1-3H3. The van der Waals surface area contributed by atoms with Crippen LogP contribution in [0.5, 0.6) is 5.75 Å². The molecule has 6 nitrogen and oxygen atoms in total. The summed E-state index contributed by atoms with van der Waals surface area (Å²) in [4.78, 5) is 14.9. The molecule has 0 aliphatic heterocycles. The number of ether oxygens (including phenoxy) is 1. The van der Waals surface area contributed by atoms with Gasteiger partial charge >= 0.3 is 0 Å². The molecule has 0 bridgehead atoms. The Hall–Kier alpha value is -2.54. The van der Waals surface area contributed by atoms with Gasteiger partial charge in [-0.05, 0) is 55.7 Å². The second kappa shape index (κ2) is 9.51. The maximum atomic E-state index is 13.5. The van der Waals surface area contributed by atoms with E-state index in [2.05, 4.69) is 0 Å². The van der Waals surface area contributed by atoms with Gasteiger partial charge < -0.3 is 9.64 Å². The maximum absolute atomic E-state index is 13.5. The lowest BCUT2D eigenvalue weighted by atomic mass is 9.94. The fourth-order valence-electron chi connectivity index (χ4n) is 3.95. The Labute approximate surface area is 179 Å². The summed E-state index contributed by atoms with van der Waals surface area (Å²) in [7, 11) is -0.599. The molecule has 30 heavy (non-hydrogen) atoms. The average Bonchev–Trinajstić information content (AvgIpc) is 2.77. The van der Waals surface area contributed by atoms with Gasteiger partial charge in [0.25, 0.3) is 10.0 Å². The molecule has 0 aromatic heterocycles. The van der Waals surface area contributed by atoms with Gasteiger partial charge in [-0.15, -0.1) is 0 Å². The number of para-hydroxylation sites is 1. The van der Waals surface area contributed by atoms with E-state index in [1.54, 1.807) is 62.4 Å². The van der Waals surface area contributed by atoms with Crippen molar-refractivity contribution in [3.05, 3.63) is 54.1 Å². The normalized spacial score (nSPS) is 14.9. The molecule has 0 spiro atoms. The minimum absolute atomic E-state index is 0.137. The average molecular weight is 431 g/mol. The highest BCUT2D eigenvalue weighted by atomic mass is 32.2. The molecule has 2 aromatic carbocycles. The third-order valence-electron chi connectivity index (χ3n) is 5.79. The number of hydrogen-bond donors (Lipinski definition) is 0. The van der Waals surface area contributed by atoms with Crippen molar-refractivity contribution < 1.29 is 17.9 Å². The number of aryl methyl sites for hydroxylation is 1. The van der Waals surface area contributed by atoms with E-state index in [4.69, 9.17) is 4.74 Å². The molecule has 0 heterocycles. The summed E-state index contributed by atoms with van der Waals surface area (Å²) in [6, 6.07) is 13.7. The molecule has 7 heteroatoms. The first-order valence-corrected chi connectivity index (χ1v) is 11.8. The number of benzene rings is 2. The van der Waals surface area contributed by atoms with Crippen molar-refractivity contribution in [1.29, 1.82) is 0 Å². The number of anilines is 1. The quantitative estimate of drug-likeness (QED) is 0.666. The molecule has 162 valence electrons. The Morgan fingerprint density at radius 1 is 1.07 bits per heavy atom. The van der Waals surface area contributed by atoms with E-state index in [9.17, 15) is 13.2 Å². The topological polar surface area (TPSA) is 66.9 Å². The first kappa shape index (κ1) is 22.2. The van der Waals surface area contributed by atoms with E-state index in [1.165, 1.54) is 16.8 Å². The van der Waals surface area contributed by atoms with Crippen LogP contribution in [0.3, 0.4) is 0 Å². The molecule has 1 aliphatic rings. The fraction of sp³-hybridized carbons (Fsp3) is 0.435. The van der Waals surface area contributed by atoms with Gasteiger partial charge in [-0.1, -0.05) is 37.5 Å². The second-order valence-corrected chi connectivity index (χ2v) is 9.64. The van der Waals surface area contributed by atoms with Crippen LogP contribution in [0, 0.1) is 6.92 Å². The molecule has 2 aromatic rings. The Balaban J connectivity index is 1.92.